The number of halogens is 1. The average Bonchev–Trinajstić information content (AvgIpc) is 2.49. The molecule has 2 atom stereocenters. The highest BCUT2D eigenvalue weighted by molar-refractivity contribution is 14.1. The van der Waals surface area contributed by atoms with Crippen molar-refractivity contribution in [1.29, 1.82) is 0 Å². The molecule has 2 unspecified atom stereocenters. The van der Waals surface area contributed by atoms with Crippen LogP contribution >= 0.6 is 22.6 Å². The highest BCUT2D eigenvalue weighted by atomic mass is 127. The van der Waals surface area contributed by atoms with E-state index in [4.69, 9.17) is 4.74 Å². The van der Waals surface area contributed by atoms with Crippen LogP contribution in [0.25, 0.3) is 0 Å². The maximum absolute atomic E-state index is 5.49. The van der Waals surface area contributed by atoms with E-state index in [2.05, 4.69) is 76.3 Å². The van der Waals surface area contributed by atoms with Gasteiger partial charge in [0.25, 0.3) is 0 Å². The van der Waals surface area contributed by atoms with E-state index in [1.54, 1.807) is 7.11 Å². The molecule has 0 saturated heterocycles. The van der Waals surface area contributed by atoms with Gasteiger partial charge in [-0.25, -0.2) is 0 Å². The second-order valence-electron chi connectivity index (χ2n) is 6.73. The summed E-state index contributed by atoms with van der Waals surface area (Å²) in [5.74, 6) is 2.21. The predicted molar refractivity (Wildman–Crippen MR) is 90.5 cm³/mol. The minimum Gasteiger partial charge on any atom is -0.497 e. The topological polar surface area (TPSA) is 9.23 Å². The summed E-state index contributed by atoms with van der Waals surface area (Å²) in [7, 11) is 1.76. The Hall–Kier alpha value is -0.250. The zero-order chi connectivity index (χ0) is 14.6. The molecule has 1 aromatic rings. The van der Waals surface area contributed by atoms with E-state index in [-0.39, 0.29) is 8.84 Å². The van der Waals surface area contributed by atoms with Gasteiger partial charge in [0.15, 0.2) is 0 Å². The third-order valence-corrected chi connectivity index (χ3v) is 7.92. The van der Waals surface area contributed by atoms with Crippen molar-refractivity contribution in [3.05, 3.63) is 28.8 Å². The minimum atomic E-state index is 0.190. The first kappa shape index (κ1) is 15.1. The van der Waals surface area contributed by atoms with Gasteiger partial charge < -0.3 is 4.74 Å². The number of ether oxygens (including phenoxy) is 1. The van der Waals surface area contributed by atoms with Crippen molar-refractivity contribution in [3.8, 4) is 5.75 Å². The summed E-state index contributed by atoms with van der Waals surface area (Å²) >= 11 is 2.69. The molecule has 0 amide bonds. The minimum absolute atomic E-state index is 0.190. The van der Waals surface area contributed by atoms with E-state index in [1.807, 2.05) is 0 Å². The molecule has 0 fully saturated rings. The number of methoxy groups -OCH3 is 1. The van der Waals surface area contributed by atoms with Crippen LogP contribution in [0.4, 0.5) is 0 Å². The van der Waals surface area contributed by atoms with E-state index in [0.717, 1.165) is 5.75 Å². The number of fused-ring (bicyclic) bond motifs is 1. The molecule has 1 aliphatic rings. The molecule has 0 heterocycles. The zero-order valence-electron chi connectivity index (χ0n) is 13.1. The van der Waals surface area contributed by atoms with Crippen LogP contribution in [0.1, 0.15) is 51.3 Å². The Bertz CT molecular complexity index is 504. The van der Waals surface area contributed by atoms with Crippen LogP contribution in [0.2, 0.25) is 0 Å². The number of hydrogen-bond acceptors (Lipinski definition) is 1. The summed E-state index contributed by atoms with van der Waals surface area (Å²) < 4.78 is 5.68. The van der Waals surface area contributed by atoms with Crippen molar-refractivity contribution < 1.29 is 4.74 Å². The second kappa shape index (κ2) is 4.64. The van der Waals surface area contributed by atoms with Crippen LogP contribution in [-0.4, -0.2) is 7.11 Å². The highest BCUT2D eigenvalue weighted by Crippen LogP contribution is 2.61. The maximum Gasteiger partial charge on any atom is 0.119 e. The normalized spacial score (nSPS) is 28.6. The van der Waals surface area contributed by atoms with Crippen molar-refractivity contribution >= 4 is 22.6 Å². The van der Waals surface area contributed by atoms with E-state index >= 15 is 0 Å². The molecule has 2 rings (SSSR count). The van der Waals surface area contributed by atoms with Gasteiger partial charge in [-0.2, -0.15) is 0 Å². The lowest BCUT2D eigenvalue weighted by molar-refractivity contribution is 0.271. The van der Waals surface area contributed by atoms with Crippen molar-refractivity contribution in [3.63, 3.8) is 0 Å². The zero-order valence-corrected chi connectivity index (χ0v) is 15.3. The Morgan fingerprint density at radius 3 is 2.32 bits per heavy atom. The van der Waals surface area contributed by atoms with E-state index < -0.39 is 0 Å². The fourth-order valence-electron chi connectivity index (χ4n) is 3.82. The van der Waals surface area contributed by atoms with Crippen molar-refractivity contribution in [2.75, 3.05) is 7.11 Å². The highest BCUT2D eigenvalue weighted by Gasteiger charge is 2.54. The van der Waals surface area contributed by atoms with Crippen LogP contribution in [0.15, 0.2) is 12.1 Å². The lowest BCUT2D eigenvalue weighted by Gasteiger charge is -2.37. The molecule has 0 spiro atoms. The summed E-state index contributed by atoms with van der Waals surface area (Å²) in [6.45, 7) is 14.1. The van der Waals surface area contributed by atoms with Gasteiger partial charge >= 0.3 is 0 Å². The predicted octanol–water partition coefficient (Wildman–Crippen LogP) is 5.22. The van der Waals surface area contributed by atoms with Gasteiger partial charge in [0, 0.05) is 0 Å². The smallest absolute Gasteiger partial charge is 0.119 e. The van der Waals surface area contributed by atoms with E-state index in [1.165, 1.54) is 16.7 Å². The summed E-state index contributed by atoms with van der Waals surface area (Å²) in [5.41, 5.74) is 4.60. The number of benzene rings is 1. The van der Waals surface area contributed by atoms with Crippen LogP contribution < -0.4 is 4.74 Å². The molecule has 0 bridgehead atoms. The standard InChI is InChI=1S/C17H25IO/c1-10(2)17(18)12(4)16(5,6)15-11(3)8-13(19-7)9-14(15)17/h8-10,12H,1-7H3. The number of rotatable bonds is 2. The first-order valence-corrected chi connectivity index (χ1v) is 8.13. The lowest BCUT2D eigenvalue weighted by Crippen LogP contribution is -2.35. The van der Waals surface area contributed by atoms with Gasteiger partial charge in [-0.05, 0) is 53.0 Å². The molecular formula is C17H25IO. The summed E-state index contributed by atoms with van der Waals surface area (Å²) in [5, 5.41) is 0. The second-order valence-corrected chi connectivity index (χ2v) is 8.52. The largest absolute Gasteiger partial charge is 0.497 e. The van der Waals surface area contributed by atoms with Crippen LogP contribution in [0.3, 0.4) is 0 Å². The first-order chi connectivity index (χ1) is 8.67. The fourth-order valence-corrected chi connectivity index (χ4v) is 5.02. The van der Waals surface area contributed by atoms with Gasteiger partial charge in [0.05, 0.1) is 10.5 Å². The molecule has 106 valence electrons. The molecule has 1 aliphatic carbocycles. The lowest BCUT2D eigenvalue weighted by atomic mass is 9.74. The average molecular weight is 372 g/mol. The van der Waals surface area contributed by atoms with Crippen molar-refractivity contribution in [2.24, 2.45) is 11.8 Å². The van der Waals surface area contributed by atoms with Crippen molar-refractivity contribution in [2.45, 2.75) is 50.4 Å². The molecule has 0 N–H and O–H groups in total. The van der Waals surface area contributed by atoms with Crippen LogP contribution in [-0.2, 0) is 8.84 Å². The molecular weight excluding hydrogens is 347 g/mol. The van der Waals surface area contributed by atoms with Crippen LogP contribution in [0.5, 0.6) is 5.75 Å². The molecule has 1 aromatic carbocycles. The summed E-state index contributed by atoms with van der Waals surface area (Å²) in [6.07, 6.45) is 0. The molecule has 1 nitrogen and oxygen atoms in total. The van der Waals surface area contributed by atoms with Gasteiger partial charge in [0.2, 0.25) is 0 Å². The summed E-state index contributed by atoms with van der Waals surface area (Å²) in [4.78, 5) is 0. The Morgan fingerprint density at radius 2 is 1.84 bits per heavy atom. The monoisotopic (exact) mass is 372 g/mol. The third-order valence-electron chi connectivity index (χ3n) is 5.15. The Kier molecular flexibility index (Phi) is 3.70. The Labute approximate surface area is 131 Å². The van der Waals surface area contributed by atoms with Crippen LogP contribution in [0, 0.1) is 18.8 Å². The number of alkyl halides is 1. The Morgan fingerprint density at radius 1 is 1.26 bits per heavy atom. The maximum atomic E-state index is 5.49. The van der Waals surface area contributed by atoms with E-state index in [0.29, 0.717) is 11.8 Å². The van der Waals surface area contributed by atoms with Gasteiger partial charge in [-0.15, -0.1) is 0 Å². The number of hydrogen-bond donors (Lipinski definition) is 0. The van der Waals surface area contributed by atoms with Crippen molar-refractivity contribution in [1.82, 2.24) is 0 Å². The number of aryl methyl sites for hydroxylation is 1. The quantitative estimate of drug-likeness (QED) is 0.511. The molecule has 0 saturated carbocycles. The molecule has 0 aliphatic heterocycles. The molecule has 0 aromatic heterocycles. The Balaban J connectivity index is 2.79. The fraction of sp³-hybridized carbons (Fsp3) is 0.647. The van der Waals surface area contributed by atoms with Gasteiger partial charge in [-0.1, -0.05) is 57.2 Å². The van der Waals surface area contributed by atoms with Gasteiger partial charge in [0.1, 0.15) is 5.75 Å². The SMILES string of the molecule is COc1cc(C)c2c(c1)C(I)(C(C)C)C(C)C2(C)C. The molecule has 2 heteroatoms. The summed E-state index contributed by atoms with van der Waals surface area (Å²) in [6, 6.07) is 4.44. The van der Waals surface area contributed by atoms with Gasteiger partial charge in [-0.3, -0.25) is 0 Å². The first-order valence-electron chi connectivity index (χ1n) is 7.05. The molecule has 19 heavy (non-hydrogen) atoms. The molecule has 0 radical (unpaired) electrons. The van der Waals surface area contributed by atoms with E-state index in [9.17, 15) is 0 Å². The third kappa shape index (κ3) is 1.93.